The molecule has 6 rings (SSSR count). The van der Waals surface area contributed by atoms with Gasteiger partial charge in [-0.2, -0.15) is 4.98 Å². The predicted octanol–water partition coefficient (Wildman–Crippen LogP) is 5.19. The highest BCUT2D eigenvalue weighted by atomic mass is 16.2. The summed E-state index contributed by atoms with van der Waals surface area (Å²) in [7, 11) is 4.34. The first-order valence-electron chi connectivity index (χ1n) is 14.8. The van der Waals surface area contributed by atoms with E-state index in [1.165, 1.54) is 24.6 Å². The van der Waals surface area contributed by atoms with Gasteiger partial charge in [0.05, 0.1) is 12.2 Å². The van der Waals surface area contributed by atoms with Crippen LogP contribution >= 0.6 is 0 Å². The third-order valence-electron chi connectivity index (χ3n) is 8.39. The van der Waals surface area contributed by atoms with E-state index in [4.69, 9.17) is 9.97 Å². The van der Waals surface area contributed by atoms with Crippen molar-refractivity contribution in [1.29, 1.82) is 0 Å². The molecule has 1 amide bonds. The molecule has 0 saturated carbocycles. The zero-order valence-corrected chi connectivity index (χ0v) is 24.4. The van der Waals surface area contributed by atoms with Crippen LogP contribution in [0.1, 0.15) is 31.7 Å². The van der Waals surface area contributed by atoms with Crippen molar-refractivity contribution >= 4 is 46.0 Å². The van der Waals surface area contributed by atoms with Crippen molar-refractivity contribution in [2.75, 3.05) is 55.8 Å². The topological polar surface area (TPSA) is 94.4 Å². The van der Waals surface area contributed by atoms with Gasteiger partial charge in [0.2, 0.25) is 17.8 Å². The van der Waals surface area contributed by atoms with Gasteiger partial charge in [-0.3, -0.25) is 9.36 Å². The summed E-state index contributed by atoms with van der Waals surface area (Å²) in [5.41, 5.74) is 4.52. The van der Waals surface area contributed by atoms with Gasteiger partial charge in [-0.15, -0.1) is 0 Å². The maximum Gasteiger partial charge on any atom is 0.246 e. The first-order chi connectivity index (χ1) is 20.5. The lowest BCUT2D eigenvalue weighted by Gasteiger charge is -2.36. The van der Waals surface area contributed by atoms with Crippen LogP contribution in [0.25, 0.3) is 11.2 Å². The second-order valence-corrected chi connectivity index (χ2v) is 11.3. The summed E-state index contributed by atoms with van der Waals surface area (Å²) in [6.45, 7) is 7.11. The number of carbonyl (C=O) groups excluding carboxylic acids is 1. The number of fused-ring (bicyclic) bond motifs is 1. The van der Waals surface area contributed by atoms with Crippen LogP contribution in [0.5, 0.6) is 0 Å². The van der Waals surface area contributed by atoms with E-state index in [0.717, 1.165) is 49.5 Å². The largest absolute Gasteiger partial charge is 0.371 e. The zero-order valence-electron chi connectivity index (χ0n) is 24.4. The minimum Gasteiger partial charge on any atom is -0.371 e. The van der Waals surface area contributed by atoms with Gasteiger partial charge < -0.3 is 25.3 Å². The molecule has 0 radical (unpaired) electrons. The molecule has 2 fully saturated rings. The number of imidazole rings is 1. The molecule has 2 aromatic heterocycles. The molecule has 2 aliphatic rings. The molecule has 10 nitrogen and oxygen atoms in total. The molecule has 2 aromatic carbocycles. The highest BCUT2D eigenvalue weighted by Gasteiger charge is 2.28. The number of likely N-dealkylation sites (tertiary alicyclic amines) is 1. The minimum atomic E-state index is -0.0517. The fraction of sp³-hybridized carbons (Fsp3) is 0.375. The van der Waals surface area contributed by atoms with Gasteiger partial charge in [-0.05, 0) is 82.3 Å². The summed E-state index contributed by atoms with van der Waals surface area (Å²) in [6, 6.07) is 19.1. The second-order valence-electron chi connectivity index (χ2n) is 11.3. The van der Waals surface area contributed by atoms with Crippen molar-refractivity contribution in [3.8, 4) is 0 Å². The summed E-state index contributed by atoms with van der Waals surface area (Å²) in [5, 5.41) is 6.85. The summed E-state index contributed by atoms with van der Waals surface area (Å²) < 4.78 is 2.12. The van der Waals surface area contributed by atoms with Crippen LogP contribution in [-0.2, 0) is 4.79 Å². The number of para-hydroxylation sites is 1. The van der Waals surface area contributed by atoms with Crippen LogP contribution in [0.2, 0.25) is 0 Å². The number of rotatable bonds is 8. The van der Waals surface area contributed by atoms with Crippen LogP contribution in [-0.4, -0.2) is 81.5 Å². The fourth-order valence-corrected chi connectivity index (χ4v) is 6.06. The van der Waals surface area contributed by atoms with Gasteiger partial charge in [0.1, 0.15) is 5.52 Å². The van der Waals surface area contributed by atoms with E-state index in [9.17, 15) is 4.79 Å². The lowest BCUT2D eigenvalue weighted by molar-refractivity contribution is -0.127. The molecule has 4 aromatic rings. The van der Waals surface area contributed by atoms with Crippen molar-refractivity contribution in [1.82, 2.24) is 29.3 Å². The molecular weight excluding hydrogens is 526 g/mol. The average Bonchev–Trinajstić information content (AvgIpc) is 3.38. The Morgan fingerprint density at radius 1 is 0.952 bits per heavy atom. The number of nitrogens with one attached hydrogen (secondary N) is 2. The lowest BCUT2D eigenvalue weighted by atomic mass is 10.0. The zero-order chi connectivity index (χ0) is 29.1. The summed E-state index contributed by atoms with van der Waals surface area (Å²) in [4.78, 5) is 33.5. The number of hydrogen-bond acceptors (Lipinski definition) is 8. The molecular formula is C32H39N9O. The van der Waals surface area contributed by atoms with Crippen molar-refractivity contribution in [2.24, 2.45) is 0 Å². The summed E-state index contributed by atoms with van der Waals surface area (Å²) in [6.07, 6.45) is 7.31. The van der Waals surface area contributed by atoms with E-state index >= 15 is 0 Å². The van der Waals surface area contributed by atoms with E-state index in [1.54, 1.807) is 6.20 Å². The first-order valence-corrected chi connectivity index (χ1v) is 14.8. The molecule has 0 aliphatic carbocycles. The molecule has 4 heterocycles. The summed E-state index contributed by atoms with van der Waals surface area (Å²) in [5.74, 6) is 1.14. The summed E-state index contributed by atoms with van der Waals surface area (Å²) >= 11 is 0. The van der Waals surface area contributed by atoms with Crippen LogP contribution in [0.15, 0.2) is 73.4 Å². The monoisotopic (exact) mass is 565 g/mol. The maximum atomic E-state index is 12.5. The van der Waals surface area contributed by atoms with Gasteiger partial charge in [0.25, 0.3) is 0 Å². The van der Waals surface area contributed by atoms with Crippen molar-refractivity contribution in [3.63, 3.8) is 0 Å². The molecule has 2 saturated heterocycles. The van der Waals surface area contributed by atoms with Gasteiger partial charge >= 0.3 is 0 Å². The Kier molecular flexibility index (Phi) is 8.05. The molecule has 2 aliphatic heterocycles. The number of amides is 1. The van der Waals surface area contributed by atoms with Gasteiger partial charge in [-0.25, -0.2) is 9.97 Å². The smallest absolute Gasteiger partial charge is 0.246 e. The van der Waals surface area contributed by atoms with E-state index in [0.29, 0.717) is 30.0 Å². The number of carbonyl (C=O) groups is 1. The number of benzene rings is 2. The highest BCUT2D eigenvalue weighted by Crippen LogP contribution is 2.32. The Morgan fingerprint density at radius 2 is 1.69 bits per heavy atom. The van der Waals surface area contributed by atoms with E-state index < -0.39 is 0 Å². The van der Waals surface area contributed by atoms with E-state index in [2.05, 4.69) is 74.9 Å². The third kappa shape index (κ3) is 5.94. The molecule has 42 heavy (non-hydrogen) atoms. The SMILES string of the molecule is C=CC(=O)N1CCCC(n2c(Nc3ccccc3)nc3cnc(Nc4ccc(N5CCC(N(C)C)CC5)cc4)nc32)C1. The lowest BCUT2D eigenvalue weighted by Crippen LogP contribution is -2.41. The van der Waals surface area contributed by atoms with Crippen molar-refractivity contribution in [2.45, 2.75) is 37.8 Å². The number of anilines is 5. The normalized spacial score (nSPS) is 17.9. The van der Waals surface area contributed by atoms with Crippen LogP contribution in [0.3, 0.4) is 0 Å². The number of nitrogens with zero attached hydrogens (tertiary/aromatic N) is 7. The molecule has 1 atom stereocenters. The number of hydrogen-bond donors (Lipinski definition) is 2. The molecule has 2 N–H and O–H groups in total. The molecule has 0 spiro atoms. The second kappa shape index (κ2) is 12.2. The van der Waals surface area contributed by atoms with Crippen molar-refractivity contribution < 1.29 is 4.79 Å². The highest BCUT2D eigenvalue weighted by molar-refractivity contribution is 5.87. The molecule has 10 heteroatoms. The van der Waals surface area contributed by atoms with Crippen molar-refractivity contribution in [3.05, 3.63) is 73.4 Å². The molecule has 1 unspecified atom stereocenters. The standard InChI is InChI=1S/C32H39N9O/c1-4-29(42)40-18-8-11-27(22-40)41-30-28(36-32(41)35-23-9-6-5-7-10-23)21-33-31(37-30)34-24-12-14-26(15-13-24)39-19-16-25(17-20-39)38(2)3/h4-7,9-10,12-15,21,25,27H,1,8,11,16-20,22H2,2-3H3,(H,35,36)(H,33,34,37). The Morgan fingerprint density at radius 3 is 2.40 bits per heavy atom. The van der Waals surface area contributed by atoms with Crippen LogP contribution in [0, 0.1) is 0 Å². The van der Waals surface area contributed by atoms with Gasteiger partial charge in [0, 0.05) is 49.3 Å². The van der Waals surface area contributed by atoms with Gasteiger partial charge in [0.15, 0.2) is 5.65 Å². The Labute approximate surface area is 247 Å². The van der Waals surface area contributed by atoms with Crippen LogP contribution in [0.4, 0.5) is 29.0 Å². The van der Waals surface area contributed by atoms with Crippen LogP contribution < -0.4 is 15.5 Å². The predicted molar refractivity (Wildman–Crippen MR) is 169 cm³/mol. The quantitative estimate of drug-likeness (QED) is 0.282. The Hall–Kier alpha value is -4.44. The Balaban J connectivity index is 1.25. The maximum absolute atomic E-state index is 12.5. The van der Waals surface area contributed by atoms with E-state index in [1.807, 2.05) is 35.2 Å². The fourth-order valence-electron chi connectivity index (χ4n) is 6.06. The number of piperidine rings is 2. The third-order valence-corrected chi connectivity index (χ3v) is 8.39. The van der Waals surface area contributed by atoms with Gasteiger partial charge in [-0.1, -0.05) is 24.8 Å². The first kappa shape index (κ1) is 27.7. The number of aromatic nitrogens is 4. The minimum absolute atomic E-state index is 0.0116. The molecule has 218 valence electrons. The average molecular weight is 566 g/mol. The van der Waals surface area contributed by atoms with E-state index in [-0.39, 0.29) is 11.9 Å². The molecule has 0 bridgehead atoms. The Bertz CT molecular complexity index is 1530.